The lowest BCUT2D eigenvalue weighted by Crippen LogP contribution is -2.52. The molecule has 1 aromatic heterocycles. The van der Waals surface area contributed by atoms with Crippen molar-refractivity contribution in [2.45, 2.75) is 38.3 Å². The van der Waals surface area contributed by atoms with Gasteiger partial charge in [0.05, 0.1) is 12.0 Å². The molecule has 3 amide bonds. The topological polar surface area (TPSA) is 115 Å². The number of amides is 3. The minimum Gasteiger partial charge on any atom is -0.406 e. The molecule has 34 heavy (non-hydrogen) atoms. The molecule has 2 atom stereocenters. The zero-order valence-corrected chi connectivity index (χ0v) is 18.7. The molecule has 3 rings (SSSR count). The van der Waals surface area contributed by atoms with Crippen molar-refractivity contribution in [2.75, 3.05) is 13.7 Å². The highest BCUT2D eigenvalue weighted by molar-refractivity contribution is 5.96. The van der Waals surface area contributed by atoms with Gasteiger partial charge in [-0.15, -0.1) is 13.2 Å². The molecule has 0 bridgehead atoms. The first-order chi connectivity index (χ1) is 16.0. The average Bonchev–Trinajstić information content (AvgIpc) is 3.13. The third-order valence-electron chi connectivity index (χ3n) is 5.37. The van der Waals surface area contributed by atoms with Crippen molar-refractivity contribution in [3.05, 3.63) is 47.5 Å². The molecule has 10 nitrogen and oxygen atoms in total. The van der Waals surface area contributed by atoms with Gasteiger partial charge in [0.1, 0.15) is 17.5 Å². The lowest BCUT2D eigenvalue weighted by molar-refractivity contribution is -0.274. The molecule has 0 aliphatic carbocycles. The summed E-state index contributed by atoms with van der Waals surface area (Å²) in [5.74, 6) is -2.18. The molecule has 0 saturated carbocycles. The van der Waals surface area contributed by atoms with Crippen LogP contribution in [0.2, 0.25) is 0 Å². The number of carbonyl (C=O) groups is 3. The Labute approximate surface area is 193 Å². The fourth-order valence-corrected chi connectivity index (χ4v) is 3.64. The van der Waals surface area contributed by atoms with E-state index in [-0.39, 0.29) is 24.3 Å². The number of aryl methyl sites for hydroxylation is 2. The molecular formula is C21H24F3N5O5. The van der Waals surface area contributed by atoms with E-state index in [4.69, 9.17) is 4.74 Å². The zero-order valence-electron chi connectivity index (χ0n) is 18.7. The van der Waals surface area contributed by atoms with E-state index in [0.29, 0.717) is 12.1 Å². The number of nitrogens with zero attached hydrogens (tertiary/aromatic N) is 3. The molecule has 0 radical (unpaired) electrons. The number of nitrogens with one attached hydrogen (secondary N) is 2. The second kappa shape index (κ2) is 10.1. The van der Waals surface area contributed by atoms with Gasteiger partial charge >= 0.3 is 6.36 Å². The molecule has 1 aliphatic heterocycles. The predicted molar refractivity (Wildman–Crippen MR) is 112 cm³/mol. The molecular weight excluding hydrogens is 459 g/mol. The number of aromatic nitrogens is 2. The number of carbonyl (C=O) groups excluding carboxylic acids is 3. The normalized spacial score (nSPS) is 18.2. The molecule has 0 spiro atoms. The van der Waals surface area contributed by atoms with E-state index in [9.17, 15) is 27.6 Å². The summed E-state index contributed by atoms with van der Waals surface area (Å²) in [6.07, 6.45) is -3.79. The number of ether oxygens (including phenoxy) is 2. The summed E-state index contributed by atoms with van der Waals surface area (Å²) >= 11 is 0. The van der Waals surface area contributed by atoms with Crippen LogP contribution in [0.15, 0.2) is 30.6 Å². The number of imidazole rings is 1. The van der Waals surface area contributed by atoms with Crippen molar-refractivity contribution in [3.63, 3.8) is 0 Å². The van der Waals surface area contributed by atoms with Gasteiger partial charge in [-0.25, -0.2) is 4.98 Å². The number of hydrogen-bond donors (Lipinski definition) is 2. The number of hydrazine groups is 1. The van der Waals surface area contributed by atoms with E-state index >= 15 is 0 Å². The summed E-state index contributed by atoms with van der Waals surface area (Å²) in [5.41, 5.74) is 5.41. The maximum Gasteiger partial charge on any atom is 0.573 e. The molecule has 1 saturated heterocycles. The van der Waals surface area contributed by atoms with Crippen molar-refractivity contribution in [1.82, 2.24) is 25.3 Å². The third kappa shape index (κ3) is 6.04. The Kier molecular flexibility index (Phi) is 7.44. The van der Waals surface area contributed by atoms with Gasteiger partial charge in [-0.2, -0.15) is 0 Å². The van der Waals surface area contributed by atoms with Crippen LogP contribution in [0.4, 0.5) is 13.2 Å². The van der Waals surface area contributed by atoms with Crippen molar-refractivity contribution in [1.29, 1.82) is 0 Å². The Bertz CT molecular complexity index is 1050. The smallest absolute Gasteiger partial charge is 0.406 e. The van der Waals surface area contributed by atoms with Crippen molar-refractivity contribution in [3.8, 4) is 5.75 Å². The van der Waals surface area contributed by atoms with Gasteiger partial charge in [0.25, 0.3) is 17.7 Å². The van der Waals surface area contributed by atoms with Crippen LogP contribution in [0, 0.1) is 6.92 Å². The van der Waals surface area contributed by atoms with Crippen molar-refractivity contribution >= 4 is 17.7 Å². The van der Waals surface area contributed by atoms with E-state index in [2.05, 4.69) is 20.6 Å². The zero-order chi connectivity index (χ0) is 25.0. The maximum absolute atomic E-state index is 12.8. The molecule has 1 aliphatic rings. The van der Waals surface area contributed by atoms with E-state index in [0.717, 1.165) is 12.1 Å². The van der Waals surface area contributed by atoms with Crippen LogP contribution in [0.3, 0.4) is 0 Å². The summed E-state index contributed by atoms with van der Waals surface area (Å²) in [5, 5.41) is 0. The number of hydrogen-bond acceptors (Lipinski definition) is 6. The summed E-state index contributed by atoms with van der Waals surface area (Å²) in [6.45, 7) is 1.83. The van der Waals surface area contributed by atoms with E-state index in [1.54, 1.807) is 14.0 Å². The molecule has 2 heterocycles. The highest BCUT2D eigenvalue weighted by Crippen LogP contribution is 2.25. The molecule has 1 aromatic carbocycles. The van der Waals surface area contributed by atoms with Gasteiger partial charge in [-0.05, 0) is 31.5 Å². The molecule has 2 aromatic rings. The lowest BCUT2D eigenvalue weighted by Gasteiger charge is -2.35. The standard InChI is InChI=1S/C21H24F3N5O5/c1-12-17(28(2)11-25-12)19(31)27-26-18(30)16-10-14(7-8-33-16)29(3)20(32)13-5-4-6-15(9-13)34-21(22,23)24/h4-6,9,11,14,16H,7-8,10H2,1-3H3,(H,26,30)(H,27,31)/t14-,16+/m1/s1. The lowest BCUT2D eigenvalue weighted by atomic mass is 10.0. The van der Waals surface area contributed by atoms with Gasteiger partial charge < -0.3 is 18.9 Å². The SMILES string of the molecule is Cc1ncn(C)c1C(=O)NNC(=O)[C@@H]1C[C@H](N(C)C(=O)c2cccc(OC(F)(F)F)c2)CCO1. The van der Waals surface area contributed by atoms with Gasteiger partial charge in [0.15, 0.2) is 0 Å². The van der Waals surface area contributed by atoms with Gasteiger partial charge in [-0.3, -0.25) is 25.2 Å². The highest BCUT2D eigenvalue weighted by Gasteiger charge is 2.34. The summed E-state index contributed by atoms with van der Waals surface area (Å²) < 4.78 is 48.3. The van der Waals surface area contributed by atoms with E-state index < -0.39 is 42.0 Å². The van der Waals surface area contributed by atoms with Gasteiger partial charge in [-0.1, -0.05) is 6.07 Å². The molecule has 0 unspecified atom stereocenters. The van der Waals surface area contributed by atoms with Crippen LogP contribution in [-0.2, 0) is 16.6 Å². The summed E-state index contributed by atoms with van der Waals surface area (Å²) in [4.78, 5) is 43.0. The van der Waals surface area contributed by atoms with E-state index in [1.165, 1.54) is 35.0 Å². The summed E-state index contributed by atoms with van der Waals surface area (Å²) in [6, 6.07) is 4.35. The minimum absolute atomic E-state index is 0.00977. The third-order valence-corrected chi connectivity index (χ3v) is 5.37. The van der Waals surface area contributed by atoms with Crippen LogP contribution in [0.1, 0.15) is 39.4 Å². The van der Waals surface area contributed by atoms with Crippen LogP contribution < -0.4 is 15.6 Å². The van der Waals surface area contributed by atoms with Crippen LogP contribution in [0.25, 0.3) is 0 Å². The quantitative estimate of drug-likeness (QED) is 0.626. The largest absolute Gasteiger partial charge is 0.573 e. The molecule has 184 valence electrons. The van der Waals surface area contributed by atoms with Gasteiger partial charge in [0, 0.05) is 38.7 Å². The number of benzene rings is 1. The number of rotatable bonds is 5. The second-order valence-electron chi connectivity index (χ2n) is 7.76. The fourth-order valence-electron chi connectivity index (χ4n) is 3.64. The fraction of sp³-hybridized carbons (Fsp3) is 0.429. The Morgan fingerprint density at radius 2 is 2.00 bits per heavy atom. The predicted octanol–water partition coefficient (Wildman–Crippen LogP) is 1.71. The first kappa shape index (κ1) is 25.0. The first-order valence-electron chi connectivity index (χ1n) is 10.3. The minimum atomic E-state index is -4.88. The Balaban J connectivity index is 1.59. The van der Waals surface area contributed by atoms with E-state index in [1.807, 2.05) is 0 Å². The van der Waals surface area contributed by atoms with Gasteiger partial charge in [0.2, 0.25) is 0 Å². The Morgan fingerprint density at radius 1 is 1.26 bits per heavy atom. The maximum atomic E-state index is 12.8. The molecule has 1 fully saturated rings. The number of alkyl halides is 3. The highest BCUT2D eigenvalue weighted by atomic mass is 19.4. The molecule has 13 heteroatoms. The van der Waals surface area contributed by atoms with Crippen LogP contribution in [0.5, 0.6) is 5.75 Å². The average molecular weight is 483 g/mol. The Hall–Kier alpha value is -3.61. The molecule has 2 N–H and O–H groups in total. The number of halogens is 3. The summed E-state index contributed by atoms with van der Waals surface area (Å²) in [7, 11) is 3.14. The monoisotopic (exact) mass is 483 g/mol. The van der Waals surface area contributed by atoms with Crippen molar-refractivity contribution < 1.29 is 37.0 Å². The van der Waals surface area contributed by atoms with Crippen LogP contribution >= 0.6 is 0 Å². The Morgan fingerprint density at radius 3 is 2.65 bits per heavy atom. The van der Waals surface area contributed by atoms with Crippen molar-refractivity contribution in [2.24, 2.45) is 7.05 Å². The first-order valence-corrected chi connectivity index (χ1v) is 10.3. The second-order valence-corrected chi connectivity index (χ2v) is 7.76. The van der Waals surface area contributed by atoms with Crippen LogP contribution in [-0.4, -0.2) is 64.3 Å².